The Kier molecular flexibility index (Phi) is 4.52. The van der Waals surface area contributed by atoms with Gasteiger partial charge in [0.2, 0.25) is 5.75 Å². The lowest BCUT2D eigenvalue weighted by Crippen LogP contribution is -2.24. The van der Waals surface area contributed by atoms with Crippen molar-refractivity contribution in [2.24, 2.45) is 0 Å². The van der Waals surface area contributed by atoms with Gasteiger partial charge in [-0.2, -0.15) is 0 Å². The number of alkyl carbamates (subject to hydrolysis) is 1. The number of carbonyl (C=O) groups excluding carboxylic acids is 2. The number of methoxy groups -OCH3 is 2. The van der Waals surface area contributed by atoms with Crippen LogP contribution in [0.5, 0.6) is 17.2 Å². The summed E-state index contributed by atoms with van der Waals surface area (Å²) in [6.07, 6.45) is 0.288. The minimum atomic E-state index is -0.724. The maximum atomic E-state index is 11.3. The second-order valence-electron chi connectivity index (χ2n) is 4.62. The zero-order valence-corrected chi connectivity index (χ0v) is 11.8. The van der Waals surface area contributed by atoms with Crippen LogP contribution in [0.4, 0.5) is 4.79 Å². The Morgan fingerprint density at radius 3 is 2.33 bits per heavy atom. The number of ether oxygens (including phenoxy) is 3. The second-order valence-corrected chi connectivity index (χ2v) is 4.62. The van der Waals surface area contributed by atoms with E-state index in [-0.39, 0.29) is 5.75 Å². The highest BCUT2D eigenvalue weighted by Crippen LogP contribution is 2.37. The lowest BCUT2D eigenvalue weighted by atomic mass is 10.0. The molecule has 21 heavy (non-hydrogen) atoms. The number of aromatic hydroxyl groups is 1. The number of benzene rings is 1. The van der Waals surface area contributed by atoms with Crippen LogP contribution in [0, 0.1) is 0 Å². The highest BCUT2D eigenvalue weighted by Gasteiger charge is 2.31. The summed E-state index contributed by atoms with van der Waals surface area (Å²) in [4.78, 5) is 22.2. The largest absolute Gasteiger partial charge is 0.502 e. The molecular formula is C14H17NO6. The standard InChI is InChI=1S/C14H17NO6/c1-19-10-6-8(7-11(20-2)12(10)16)4-3-5-9-13(17)15-14(18)21-9/h6-7,9,16H,3-5H2,1-2H3,(H,15,17,18). The molecule has 2 rings (SSSR count). The molecule has 0 aliphatic carbocycles. The van der Waals surface area contributed by atoms with Gasteiger partial charge in [0.05, 0.1) is 14.2 Å². The van der Waals surface area contributed by atoms with Crippen LogP contribution in [0.1, 0.15) is 18.4 Å². The van der Waals surface area contributed by atoms with Crippen LogP contribution in [0.15, 0.2) is 12.1 Å². The maximum Gasteiger partial charge on any atom is 0.414 e. The number of nitrogens with one attached hydrogen (secondary N) is 1. The monoisotopic (exact) mass is 295 g/mol. The first-order valence-electron chi connectivity index (χ1n) is 6.50. The third-order valence-corrected chi connectivity index (χ3v) is 3.24. The summed E-state index contributed by atoms with van der Waals surface area (Å²) in [6, 6.07) is 3.41. The lowest BCUT2D eigenvalue weighted by molar-refractivity contribution is -0.123. The van der Waals surface area contributed by atoms with E-state index in [1.165, 1.54) is 14.2 Å². The summed E-state index contributed by atoms with van der Waals surface area (Å²) in [6.45, 7) is 0. The summed E-state index contributed by atoms with van der Waals surface area (Å²) in [7, 11) is 2.92. The number of cyclic esters (lactones) is 1. The molecule has 0 aromatic heterocycles. The first-order chi connectivity index (χ1) is 10.0. The van der Waals surface area contributed by atoms with E-state index in [4.69, 9.17) is 14.2 Å². The Morgan fingerprint density at radius 2 is 1.86 bits per heavy atom. The minimum Gasteiger partial charge on any atom is -0.502 e. The van der Waals surface area contributed by atoms with Gasteiger partial charge in [-0.05, 0) is 37.0 Å². The van der Waals surface area contributed by atoms with Gasteiger partial charge in [0.1, 0.15) is 0 Å². The molecule has 7 nitrogen and oxygen atoms in total. The van der Waals surface area contributed by atoms with Gasteiger partial charge in [0, 0.05) is 0 Å². The second kappa shape index (κ2) is 6.34. The van der Waals surface area contributed by atoms with Crippen LogP contribution < -0.4 is 14.8 Å². The molecule has 7 heteroatoms. The van der Waals surface area contributed by atoms with Crippen LogP contribution in [-0.4, -0.2) is 37.4 Å². The van der Waals surface area contributed by atoms with Gasteiger partial charge >= 0.3 is 6.09 Å². The van der Waals surface area contributed by atoms with Crippen LogP contribution in [0.25, 0.3) is 0 Å². The summed E-state index contributed by atoms with van der Waals surface area (Å²) < 4.78 is 15.0. The fourth-order valence-electron chi connectivity index (χ4n) is 2.17. The number of hydrogen-bond acceptors (Lipinski definition) is 6. The zero-order valence-electron chi connectivity index (χ0n) is 11.8. The minimum absolute atomic E-state index is 0.0483. The van der Waals surface area contributed by atoms with Gasteiger partial charge < -0.3 is 19.3 Å². The van der Waals surface area contributed by atoms with Gasteiger partial charge in [-0.15, -0.1) is 0 Å². The van der Waals surface area contributed by atoms with Crippen molar-refractivity contribution in [1.29, 1.82) is 0 Å². The predicted molar refractivity (Wildman–Crippen MR) is 72.6 cm³/mol. The third-order valence-electron chi connectivity index (χ3n) is 3.24. The Hall–Kier alpha value is -2.44. The Balaban J connectivity index is 1.97. The number of imide groups is 1. The number of aryl methyl sites for hydroxylation is 1. The molecule has 2 amide bonds. The quantitative estimate of drug-likeness (QED) is 0.823. The van der Waals surface area contributed by atoms with Gasteiger partial charge in [0.15, 0.2) is 17.6 Å². The summed E-state index contributed by atoms with van der Waals surface area (Å²) in [5.74, 6) is 0.206. The molecule has 114 valence electrons. The van der Waals surface area contributed by atoms with E-state index in [1.807, 2.05) is 0 Å². The molecule has 1 aliphatic rings. The first-order valence-corrected chi connectivity index (χ1v) is 6.50. The third kappa shape index (κ3) is 3.36. The van der Waals surface area contributed by atoms with E-state index in [1.54, 1.807) is 12.1 Å². The number of amides is 2. The van der Waals surface area contributed by atoms with E-state index < -0.39 is 18.1 Å². The van der Waals surface area contributed by atoms with Crippen molar-refractivity contribution in [3.8, 4) is 17.2 Å². The van der Waals surface area contributed by atoms with Gasteiger partial charge in [-0.1, -0.05) is 0 Å². The summed E-state index contributed by atoms with van der Waals surface area (Å²) >= 11 is 0. The first kappa shape index (κ1) is 15.0. The topological polar surface area (TPSA) is 94.1 Å². The zero-order chi connectivity index (χ0) is 15.4. The molecule has 1 aromatic rings. The molecule has 1 aliphatic heterocycles. The lowest BCUT2D eigenvalue weighted by Gasteiger charge is -2.11. The number of hydrogen-bond donors (Lipinski definition) is 2. The van der Waals surface area contributed by atoms with Crippen LogP contribution >= 0.6 is 0 Å². The Morgan fingerprint density at radius 1 is 1.24 bits per heavy atom. The highest BCUT2D eigenvalue weighted by atomic mass is 16.6. The fourth-order valence-corrected chi connectivity index (χ4v) is 2.17. The molecule has 0 bridgehead atoms. The van der Waals surface area contributed by atoms with Crippen molar-refractivity contribution in [2.45, 2.75) is 25.4 Å². The maximum absolute atomic E-state index is 11.3. The van der Waals surface area contributed by atoms with Crippen molar-refractivity contribution < 1.29 is 28.9 Å². The predicted octanol–water partition coefficient (Wildman–Crippen LogP) is 1.37. The molecule has 1 aromatic carbocycles. The smallest absolute Gasteiger partial charge is 0.414 e. The normalized spacial score (nSPS) is 17.3. The van der Waals surface area contributed by atoms with Crippen LogP contribution in [-0.2, 0) is 16.0 Å². The molecule has 0 spiro atoms. The van der Waals surface area contributed by atoms with E-state index in [9.17, 15) is 14.7 Å². The van der Waals surface area contributed by atoms with Gasteiger partial charge in [-0.3, -0.25) is 10.1 Å². The van der Waals surface area contributed by atoms with Crippen LogP contribution in [0.2, 0.25) is 0 Å². The summed E-state index contributed by atoms with van der Waals surface area (Å²) in [5, 5.41) is 11.9. The van der Waals surface area contributed by atoms with E-state index in [0.717, 1.165) is 5.56 Å². The van der Waals surface area contributed by atoms with Crippen molar-refractivity contribution in [3.63, 3.8) is 0 Å². The van der Waals surface area contributed by atoms with E-state index >= 15 is 0 Å². The molecule has 1 unspecified atom stereocenters. The Bertz CT molecular complexity index is 531. The molecule has 0 saturated carbocycles. The number of rotatable bonds is 6. The number of phenols is 1. The average molecular weight is 295 g/mol. The van der Waals surface area contributed by atoms with Gasteiger partial charge in [0.25, 0.3) is 5.91 Å². The van der Waals surface area contributed by atoms with Crippen molar-refractivity contribution >= 4 is 12.0 Å². The van der Waals surface area contributed by atoms with Crippen molar-refractivity contribution in [3.05, 3.63) is 17.7 Å². The van der Waals surface area contributed by atoms with E-state index in [2.05, 4.69) is 5.32 Å². The van der Waals surface area contributed by atoms with Crippen molar-refractivity contribution in [1.82, 2.24) is 5.32 Å². The fraction of sp³-hybridized carbons (Fsp3) is 0.429. The van der Waals surface area contributed by atoms with Gasteiger partial charge in [-0.25, -0.2) is 4.79 Å². The average Bonchev–Trinajstić information content (AvgIpc) is 2.78. The number of phenolic OH excluding ortho intramolecular Hbond substituents is 1. The Labute approximate surface area is 121 Å². The molecule has 1 heterocycles. The highest BCUT2D eigenvalue weighted by molar-refractivity contribution is 5.99. The SMILES string of the molecule is COc1cc(CCCC2OC(=O)NC2=O)cc(OC)c1O. The van der Waals surface area contributed by atoms with Crippen molar-refractivity contribution in [2.75, 3.05) is 14.2 Å². The molecule has 0 radical (unpaired) electrons. The van der Waals surface area contributed by atoms with E-state index in [0.29, 0.717) is 30.8 Å². The number of carbonyl (C=O) groups is 2. The molecular weight excluding hydrogens is 278 g/mol. The molecule has 1 fully saturated rings. The molecule has 1 atom stereocenters. The molecule has 1 saturated heterocycles. The molecule has 2 N–H and O–H groups in total. The van der Waals surface area contributed by atoms with Crippen LogP contribution in [0.3, 0.4) is 0 Å². The summed E-state index contributed by atoms with van der Waals surface area (Å²) in [5.41, 5.74) is 0.895.